The first-order chi connectivity index (χ1) is 11.7. The van der Waals surface area contributed by atoms with Crippen molar-refractivity contribution in [3.63, 3.8) is 0 Å². The van der Waals surface area contributed by atoms with Gasteiger partial charge in [0.1, 0.15) is 5.75 Å². The van der Waals surface area contributed by atoms with Crippen molar-refractivity contribution in [2.75, 3.05) is 16.9 Å². The Bertz CT molecular complexity index is 780. The van der Waals surface area contributed by atoms with E-state index in [2.05, 4.69) is 10.4 Å². The highest BCUT2D eigenvalue weighted by Gasteiger charge is 2.28. The van der Waals surface area contributed by atoms with Crippen molar-refractivity contribution in [2.45, 2.75) is 13.8 Å². The zero-order valence-corrected chi connectivity index (χ0v) is 13.7. The van der Waals surface area contributed by atoms with E-state index in [1.807, 2.05) is 68.4 Å². The van der Waals surface area contributed by atoms with Crippen LogP contribution < -0.4 is 15.1 Å². The Morgan fingerprint density at radius 1 is 1.12 bits per heavy atom. The number of carbonyl (C=O) groups is 1. The summed E-state index contributed by atoms with van der Waals surface area (Å²) in [6.07, 6.45) is 1.69. The largest absolute Gasteiger partial charge is 0.494 e. The molecule has 0 aromatic heterocycles. The van der Waals surface area contributed by atoms with Crippen molar-refractivity contribution < 1.29 is 9.53 Å². The number of hydrogen-bond donors (Lipinski definition) is 1. The summed E-state index contributed by atoms with van der Waals surface area (Å²) in [5, 5.41) is 8.90. The van der Waals surface area contributed by atoms with E-state index in [-0.39, 0.29) is 5.91 Å². The first-order valence-corrected chi connectivity index (χ1v) is 7.83. The summed E-state index contributed by atoms with van der Waals surface area (Å²) in [6, 6.07) is 17.0. The van der Waals surface area contributed by atoms with Crippen LogP contribution in [0.2, 0.25) is 0 Å². The van der Waals surface area contributed by atoms with E-state index < -0.39 is 0 Å². The molecule has 24 heavy (non-hydrogen) atoms. The van der Waals surface area contributed by atoms with Gasteiger partial charge in [0.05, 0.1) is 23.6 Å². The normalized spacial score (nSPS) is 15.6. The first kappa shape index (κ1) is 15.8. The summed E-state index contributed by atoms with van der Waals surface area (Å²) in [5.41, 5.74) is 2.87. The van der Waals surface area contributed by atoms with Gasteiger partial charge in [-0.05, 0) is 50.2 Å². The van der Waals surface area contributed by atoms with Crippen molar-refractivity contribution in [3.05, 3.63) is 66.4 Å². The number of benzene rings is 2. The summed E-state index contributed by atoms with van der Waals surface area (Å²) in [7, 11) is 0. The quantitative estimate of drug-likeness (QED) is 0.852. The average Bonchev–Trinajstić information content (AvgIpc) is 2.90. The standard InChI is InChI=1S/C19H19N3O2/c1-3-24-17-11-9-15(10-12-17)20-13-18-14(2)21-22(19(18)23)16-7-5-4-6-8-16/h4-13,20H,3H2,1-2H3. The van der Waals surface area contributed by atoms with E-state index >= 15 is 0 Å². The van der Waals surface area contributed by atoms with E-state index in [1.54, 1.807) is 6.20 Å². The van der Waals surface area contributed by atoms with Crippen molar-refractivity contribution in [2.24, 2.45) is 5.10 Å². The van der Waals surface area contributed by atoms with E-state index in [9.17, 15) is 4.79 Å². The molecule has 0 unspecified atom stereocenters. The molecule has 0 saturated carbocycles. The van der Waals surface area contributed by atoms with Crippen LogP contribution in [0.3, 0.4) is 0 Å². The summed E-state index contributed by atoms with van der Waals surface area (Å²) in [6.45, 7) is 4.41. The maximum absolute atomic E-state index is 12.6. The second kappa shape index (κ2) is 7.00. The fraction of sp³-hybridized carbons (Fsp3) is 0.158. The molecule has 2 aromatic carbocycles. The van der Waals surface area contributed by atoms with E-state index in [4.69, 9.17) is 4.74 Å². The van der Waals surface area contributed by atoms with Crippen LogP contribution in [-0.4, -0.2) is 18.2 Å². The minimum absolute atomic E-state index is 0.142. The lowest BCUT2D eigenvalue weighted by Gasteiger charge is -2.11. The van der Waals surface area contributed by atoms with Gasteiger partial charge in [-0.1, -0.05) is 18.2 Å². The van der Waals surface area contributed by atoms with Crippen molar-refractivity contribution in [3.8, 4) is 5.75 Å². The number of carbonyl (C=O) groups excluding carboxylic acids is 1. The lowest BCUT2D eigenvalue weighted by atomic mass is 10.2. The topological polar surface area (TPSA) is 53.9 Å². The predicted molar refractivity (Wildman–Crippen MR) is 96.4 cm³/mol. The van der Waals surface area contributed by atoms with Crippen molar-refractivity contribution >= 4 is 23.0 Å². The van der Waals surface area contributed by atoms with Crippen molar-refractivity contribution in [1.82, 2.24) is 0 Å². The zero-order valence-electron chi connectivity index (χ0n) is 13.7. The number of ether oxygens (including phenoxy) is 1. The Morgan fingerprint density at radius 3 is 2.50 bits per heavy atom. The minimum Gasteiger partial charge on any atom is -0.494 e. The van der Waals surface area contributed by atoms with Gasteiger partial charge in [-0.3, -0.25) is 4.79 Å². The molecule has 5 heteroatoms. The Kier molecular flexibility index (Phi) is 4.61. The summed E-state index contributed by atoms with van der Waals surface area (Å²) in [5.74, 6) is 0.678. The second-order valence-corrected chi connectivity index (χ2v) is 5.30. The molecule has 0 bridgehead atoms. The SMILES string of the molecule is CCOc1ccc(NC=C2C(=O)N(c3ccccc3)N=C2C)cc1. The Morgan fingerprint density at radius 2 is 1.83 bits per heavy atom. The molecular weight excluding hydrogens is 302 g/mol. The zero-order chi connectivity index (χ0) is 16.9. The summed E-state index contributed by atoms with van der Waals surface area (Å²) >= 11 is 0. The third-order valence-electron chi connectivity index (χ3n) is 3.61. The van der Waals surface area contributed by atoms with Crippen LogP contribution >= 0.6 is 0 Å². The Balaban J connectivity index is 1.74. The predicted octanol–water partition coefficient (Wildman–Crippen LogP) is 3.80. The van der Waals surface area contributed by atoms with Crippen LogP contribution in [0.4, 0.5) is 11.4 Å². The van der Waals surface area contributed by atoms with E-state index in [1.165, 1.54) is 5.01 Å². The Labute approximate surface area is 141 Å². The highest BCUT2D eigenvalue weighted by Crippen LogP contribution is 2.23. The third kappa shape index (κ3) is 3.30. The second-order valence-electron chi connectivity index (χ2n) is 5.30. The lowest BCUT2D eigenvalue weighted by molar-refractivity contribution is -0.114. The molecule has 0 radical (unpaired) electrons. The van der Waals surface area contributed by atoms with Gasteiger partial charge < -0.3 is 10.1 Å². The van der Waals surface area contributed by atoms with Crippen molar-refractivity contribution in [1.29, 1.82) is 0 Å². The number of rotatable bonds is 5. The molecule has 5 nitrogen and oxygen atoms in total. The molecule has 0 fully saturated rings. The molecule has 1 aliphatic rings. The highest BCUT2D eigenvalue weighted by atomic mass is 16.5. The molecule has 1 amide bonds. The number of hydrogen-bond acceptors (Lipinski definition) is 4. The molecule has 0 aliphatic carbocycles. The van der Waals surface area contributed by atoms with Crippen LogP contribution in [-0.2, 0) is 4.79 Å². The van der Waals surface area contributed by atoms with Gasteiger partial charge in [0.2, 0.25) is 0 Å². The maximum atomic E-state index is 12.6. The molecule has 1 aliphatic heterocycles. The molecule has 1 N–H and O–H groups in total. The number of anilines is 2. The highest BCUT2D eigenvalue weighted by molar-refractivity contribution is 6.29. The number of hydrazone groups is 1. The molecule has 0 spiro atoms. The molecule has 0 saturated heterocycles. The third-order valence-corrected chi connectivity index (χ3v) is 3.61. The van der Waals surface area contributed by atoms with Gasteiger partial charge in [-0.15, -0.1) is 0 Å². The number of nitrogens with zero attached hydrogens (tertiary/aromatic N) is 2. The monoisotopic (exact) mass is 321 g/mol. The van der Waals surface area contributed by atoms with Crippen LogP contribution in [0.1, 0.15) is 13.8 Å². The smallest absolute Gasteiger partial charge is 0.282 e. The van der Waals surface area contributed by atoms with Gasteiger partial charge in [-0.25, -0.2) is 0 Å². The average molecular weight is 321 g/mol. The molecule has 1 heterocycles. The molecule has 122 valence electrons. The van der Waals surface area contributed by atoms with Gasteiger partial charge in [0, 0.05) is 11.9 Å². The maximum Gasteiger partial charge on any atom is 0.282 e. The number of nitrogens with one attached hydrogen (secondary N) is 1. The van der Waals surface area contributed by atoms with Crippen LogP contribution in [0, 0.1) is 0 Å². The molecule has 2 aromatic rings. The lowest BCUT2D eigenvalue weighted by Crippen LogP contribution is -2.21. The molecule has 0 atom stereocenters. The first-order valence-electron chi connectivity index (χ1n) is 7.83. The molecular formula is C19H19N3O2. The van der Waals surface area contributed by atoms with Gasteiger partial charge in [0.15, 0.2) is 0 Å². The number of amides is 1. The number of para-hydroxylation sites is 1. The van der Waals surface area contributed by atoms with Crippen LogP contribution in [0.5, 0.6) is 5.75 Å². The summed E-state index contributed by atoms with van der Waals surface area (Å²) in [4.78, 5) is 12.6. The van der Waals surface area contributed by atoms with Crippen LogP contribution in [0.15, 0.2) is 71.5 Å². The van der Waals surface area contributed by atoms with Gasteiger partial charge >= 0.3 is 0 Å². The minimum atomic E-state index is -0.142. The summed E-state index contributed by atoms with van der Waals surface area (Å²) < 4.78 is 5.41. The van der Waals surface area contributed by atoms with E-state index in [0.717, 1.165) is 17.1 Å². The Hall–Kier alpha value is -3.08. The fourth-order valence-electron chi connectivity index (χ4n) is 2.40. The van der Waals surface area contributed by atoms with E-state index in [0.29, 0.717) is 17.9 Å². The van der Waals surface area contributed by atoms with Gasteiger partial charge in [-0.2, -0.15) is 10.1 Å². The fourth-order valence-corrected chi connectivity index (χ4v) is 2.40. The van der Waals surface area contributed by atoms with Crippen LogP contribution in [0.25, 0.3) is 0 Å². The molecule has 3 rings (SSSR count). The van der Waals surface area contributed by atoms with Gasteiger partial charge in [0.25, 0.3) is 5.91 Å².